The average molecular weight is 226 g/mol. The SMILES string of the molecule is C[C@@H](Sc1ncccc1C(N)=O)C(=O)O. The van der Waals surface area contributed by atoms with Crippen molar-refractivity contribution in [1.82, 2.24) is 4.98 Å². The van der Waals surface area contributed by atoms with Gasteiger partial charge in [0.1, 0.15) is 10.3 Å². The number of hydrogen-bond acceptors (Lipinski definition) is 4. The maximum absolute atomic E-state index is 11.0. The monoisotopic (exact) mass is 226 g/mol. The van der Waals surface area contributed by atoms with E-state index in [9.17, 15) is 9.59 Å². The first-order valence-electron chi connectivity index (χ1n) is 4.16. The smallest absolute Gasteiger partial charge is 0.316 e. The fourth-order valence-corrected chi connectivity index (χ4v) is 1.74. The second kappa shape index (κ2) is 4.79. The van der Waals surface area contributed by atoms with Crippen molar-refractivity contribution in [2.45, 2.75) is 17.2 Å². The van der Waals surface area contributed by atoms with Crippen molar-refractivity contribution in [2.24, 2.45) is 5.73 Å². The number of thioether (sulfide) groups is 1. The Balaban J connectivity index is 2.94. The molecule has 0 aliphatic carbocycles. The summed E-state index contributed by atoms with van der Waals surface area (Å²) in [6.07, 6.45) is 1.49. The maximum Gasteiger partial charge on any atom is 0.316 e. The van der Waals surface area contributed by atoms with Gasteiger partial charge < -0.3 is 10.8 Å². The van der Waals surface area contributed by atoms with Crippen LogP contribution in [0.5, 0.6) is 0 Å². The lowest BCUT2D eigenvalue weighted by atomic mass is 10.3. The highest BCUT2D eigenvalue weighted by atomic mass is 32.2. The first-order chi connectivity index (χ1) is 7.02. The average Bonchev–Trinajstić information content (AvgIpc) is 2.18. The van der Waals surface area contributed by atoms with E-state index >= 15 is 0 Å². The molecule has 5 nitrogen and oxygen atoms in total. The molecule has 1 amide bonds. The van der Waals surface area contributed by atoms with Crippen LogP contribution in [0.25, 0.3) is 0 Å². The van der Waals surface area contributed by atoms with E-state index in [1.54, 1.807) is 6.07 Å². The highest BCUT2D eigenvalue weighted by Crippen LogP contribution is 2.24. The van der Waals surface area contributed by atoms with Crippen LogP contribution in [-0.4, -0.2) is 27.2 Å². The zero-order valence-corrected chi connectivity index (χ0v) is 8.82. The van der Waals surface area contributed by atoms with Crippen LogP contribution >= 0.6 is 11.8 Å². The molecule has 0 radical (unpaired) electrons. The molecule has 15 heavy (non-hydrogen) atoms. The number of rotatable bonds is 4. The molecule has 1 atom stereocenters. The van der Waals surface area contributed by atoms with Crippen LogP contribution in [-0.2, 0) is 4.79 Å². The van der Waals surface area contributed by atoms with E-state index in [4.69, 9.17) is 10.8 Å². The molecule has 0 saturated carbocycles. The van der Waals surface area contributed by atoms with Gasteiger partial charge in [0, 0.05) is 6.20 Å². The molecular weight excluding hydrogens is 216 g/mol. The number of nitrogens with two attached hydrogens (primary N) is 1. The van der Waals surface area contributed by atoms with E-state index in [1.165, 1.54) is 19.2 Å². The Morgan fingerprint density at radius 2 is 2.27 bits per heavy atom. The van der Waals surface area contributed by atoms with E-state index < -0.39 is 17.1 Å². The topological polar surface area (TPSA) is 93.3 Å². The molecule has 1 rings (SSSR count). The van der Waals surface area contributed by atoms with Gasteiger partial charge in [0.25, 0.3) is 5.91 Å². The number of nitrogens with zero attached hydrogens (tertiary/aromatic N) is 1. The molecule has 0 spiro atoms. The van der Waals surface area contributed by atoms with E-state index in [2.05, 4.69) is 4.98 Å². The molecule has 0 aliphatic heterocycles. The summed E-state index contributed by atoms with van der Waals surface area (Å²) < 4.78 is 0. The lowest BCUT2D eigenvalue weighted by Gasteiger charge is -2.07. The summed E-state index contributed by atoms with van der Waals surface area (Å²) in [6.45, 7) is 1.52. The third-order valence-corrected chi connectivity index (χ3v) is 2.78. The van der Waals surface area contributed by atoms with Gasteiger partial charge >= 0.3 is 5.97 Å². The van der Waals surface area contributed by atoms with Gasteiger partial charge in [-0.3, -0.25) is 9.59 Å². The maximum atomic E-state index is 11.0. The number of carboxylic acid groups (broad SMARTS) is 1. The van der Waals surface area contributed by atoms with Crippen LogP contribution in [0.2, 0.25) is 0 Å². The highest BCUT2D eigenvalue weighted by Gasteiger charge is 2.17. The van der Waals surface area contributed by atoms with Crippen LogP contribution < -0.4 is 5.73 Å². The quantitative estimate of drug-likeness (QED) is 0.739. The number of carbonyl (C=O) groups excluding carboxylic acids is 1. The lowest BCUT2D eigenvalue weighted by molar-refractivity contribution is -0.136. The first-order valence-corrected chi connectivity index (χ1v) is 5.04. The number of aromatic nitrogens is 1. The van der Waals surface area contributed by atoms with E-state index in [-0.39, 0.29) is 5.56 Å². The molecule has 3 N–H and O–H groups in total. The normalized spacial score (nSPS) is 12.1. The van der Waals surface area contributed by atoms with E-state index in [0.717, 1.165) is 11.8 Å². The third kappa shape index (κ3) is 2.95. The van der Waals surface area contributed by atoms with Crippen molar-refractivity contribution in [3.63, 3.8) is 0 Å². The van der Waals surface area contributed by atoms with Gasteiger partial charge in [-0.1, -0.05) is 11.8 Å². The number of aliphatic carboxylic acids is 1. The summed E-state index contributed by atoms with van der Waals surface area (Å²) in [4.78, 5) is 25.5. The summed E-state index contributed by atoms with van der Waals surface area (Å²) >= 11 is 0.995. The predicted octanol–water partition coefficient (Wildman–Crippen LogP) is 0.746. The van der Waals surface area contributed by atoms with Gasteiger partial charge in [-0.2, -0.15) is 0 Å². The number of pyridine rings is 1. The molecule has 6 heteroatoms. The Morgan fingerprint density at radius 1 is 1.60 bits per heavy atom. The van der Waals surface area contributed by atoms with Gasteiger partial charge in [-0.05, 0) is 19.1 Å². The van der Waals surface area contributed by atoms with Crippen molar-refractivity contribution in [1.29, 1.82) is 0 Å². The summed E-state index contributed by atoms with van der Waals surface area (Å²) in [5.74, 6) is -1.57. The molecule has 0 saturated heterocycles. The van der Waals surface area contributed by atoms with Crippen LogP contribution in [0, 0.1) is 0 Å². The molecule has 0 fully saturated rings. The molecular formula is C9H10N2O3S. The number of primary amides is 1. The molecule has 0 unspecified atom stereocenters. The van der Waals surface area contributed by atoms with Gasteiger partial charge in [0.05, 0.1) is 5.56 Å². The van der Waals surface area contributed by atoms with Crippen LogP contribution in [0.1, 0.15) is 17.3 Å². The highest BCUT2D eigenvalue weighted by molar-refractivity contribution is 8.00. The molecule has 0 bridgehead atoms. The molecule has 0 aliphatic rings. The zero-order chi connectivity index (χ0) is 11.4. The Labute approximate surface area is 90.7 Å². The summed E-state index contributed by atoms with van der Waals surface area (Å²) in [6, 6.07) is 3.10. The minimum Gasteiger partial charge on any atom is -0.480 e. The molecule has 0 aromatic carbocycles. The minimum atomic E-state index is -0.957. The van der Waals surface area contributed by atoms with Gasteiger partial charge in [-0.25, -0.2) is 4.98 Å². The lowest BCUT2D eigenvalue weighted by Crippen LogP contribution is -2.16. The third-order valence-electron chi connectivity index (χ3n) is 1.67. The largest absolute Gasteiger partial charge is 0.480 e. The summed E-state index contributed by atoms with van der Waals surface area (Å²) in [5.41, 5.74) is 5.37. The number of carbonyl (C=O) groups is 2. The van der Waals surface area contributed by atoms with Crippen molar-refractivity contribution in [2.75, 3.05) is 0 Å². The molecule has 80 valence electrons. The van der Waals surface area contributed by atoms with E-state index in [0.29, 0.717) is 5.03 Å². The summed E-state index contributed by atoms with van der Waals surface area (Å²) in [7, 11) is 0. The molecule has 1 aromatic heterocycles. The van der Waals surface area contributed by atoms with E-state index in [1.807, 2.05) is 0 Å². The fourth-order valence-electron chi connectivity index (χ4n) is 0.890. The van der Waals surface area contributed by atoms with Crippen LogP contribution in [0.15, 0.2) is 23.4 Å². The van der Waals surface area contributed by atoms with Crippen molar-refractivity contribution >= 4 is 23.6 Å². The van der Waals surface area contributed by atoms with Crippen molar-refractivity contribution < 1.29 is 14.7 Å². The number of amides is 1. The van der Waals surface area contributed by atoms with Crippen molar-refractivity contribution in [3.8, 4) is 0 Å². The Kier molecular flexibility index (Phi) is 3.68. The van der Waals surface area contributed by atoms with Gasteiger partial charge in [-0.15, -0.1) is 0 Å². The molecule has 1 heterocycles. The first kappa shape index (κ1) is 11.5. The number of carboxylic acids is 1. The second-order valence-electron chi connectivity index (χ2n) is 2.82. The Bertz CT molecular complexity index is 395. The Hall–Kier alpha value is -1.56. The molecule has 1 aromatic rings. The van der Waals surface area contributed by atoms with Crippen LogP contribution in [0.4, 0.5) is 0 Å². The van der Waals surface area contributed by atoms with Gasteiger partial charge in [0.15, 0.2) is 0 Å². The summed E-state index contributed by atoms with van der Waals surface area (Å²) in [5, 5.41) is 8.39. The Morgan fingerprint density at radius 3 is 2.80 bits per heavy atom. The second-order valence-corrected chi connectivity index (χ2v) is 4.15. The zero-order valence-electron chi connectivity index (χ0n) is 8.01. The van der Waals surface area contributed by atoms with Crippen LogP contribution in [0.3, 0.4) is 0 Å². The minimum absolute atomic E-state index is 0.246. The number of hydrogen-bond donors (Lipinski definition) is 2. The fraction of sp³-hybridized carbons (Fsp3) is 0.222. The van der Waals surface area contributed by atoms with Gasteiger partial charge in [0.2, 0.25) is 0 Å². The standard InChI is InChI=1S/C9H10N2O3S/c1-5(9(13)14)15-8-6(7(10)12)3-2-4-11-8/h2-5H,1H3,(H2,10,12)(H,13,14)/t5-/m1/s1. The predicted molar refractivity (Wildman–Crippen MR) is 55.7 cm³/mol. The van der Waals surface area contributed by atoms with Crippen molar-refractivity contribution in [3.05, 3.63) is 23.9 Å².